The average Bonchev–Trinajstić information content (AvgIpc) is 3.11. The Hall–Kier alpha value is -3.15. The van der Waals surface area contributed by atoms with Crippen molar-refractivity contribution in [2.24, 2.45) is 0 Å². The predicted octanol–water partition coefficient (Wildman–Crippen LogP) is 3.22. The zero-order chi connectivity index (χ0) is 17.5. The quantitative estimate of drug-likeness (QED) is 0.717. The number of carbonyl (C=O) groups excluding carboxylic acids is 1. The number of hydrogen-bond acceptors (Lipinski definition) is 4. The van der Waals surface area contributed by atoms with E-state index in [1.54, 1.807) is 18.4 Å². The fourth-order valence-electron chi connectivity index (χ4n) is 2.22. The molecule has 6 heteroatoms. The molecule has 1 N–H and O–H groups in total. The molecule has 0 bridgehead atoms. The molecular formula is C19H17FN2O3. The molecule has 0 radical (unpaired) electrons. The Morgan fingerprint density at radius 2 is 1.88 bits per heavy atom. The smallest absolute Gasteiger partial charge is 0.257 e. The van der Waals surface area contributed by atoms with Crippen molar-refractivity contribution in [1.29, 1.82) is 0 Å². The topological polar surface area (TPSA) is 64.4 Å². The van der Waals surface area contributed by atoms with Crippen molar-refractivity contribution in [3.05, 3.63) is 72.4 Å². The molecule has 0 aliphatic heterocycles. The molecule has 1 amide bonds. The lowest BCUT2D eigenvalue weighted by molar-refractivity contribution is -0.123. The molecule has 3 rings (SSSR count). The van der Waals surface area contributed by atoms with Crippen LogP contribution in [0.3, 0.4) is 0 Å². The molecule has 25 heavy (non-hydrogen) atoms. The maximum Gasteiger partial charge on any atom is 0.257 e. The molecule has 0 atom stereocenters. The number of oxazole rings is 1. The number of rotatable bonds is 7. The summed E-state index contributed by atoms with van der Waals surface area (Å²) in [6.45, 7) is 0.148. The van der Waals surface area contributed by atoms with Gasteiger partial charge in [0, 0.05) is 18.5 Å². The Bertz CT molecular complexity index is 833. The van der Waals surface area contributed by atoms with Gasteiger partial charge in [-0.25, -0.2) is 9.37 Å². The number of halogens is 1. The maximum atomic E-state index is 13.4. The molecule has 0 aliphatic rings. The number of nitrogens with zero attached hydrogens (tertiary/aromatic N) is 1. The minimum absolute atomic E-state index is 0.0571. The Morgan fingerprint density at radius 3 is 2.68 bits per heavy atom. The number of amides is 1. The highest BCUT2D eigenvalue weighted by molar-refractivity contribution is 5.77. The molecule has 1 heterocycles. The molecule has 1 aromatic heterocycles. The molecular weight excluding hydrogens is 323 g/mol. The average molecular weight is 340 g/mol. The van der Waals surface area contributed by atoms with Crippen LogP contribution in [0.1, 0.15) is 5.69 Å². The van der Waals surface area contributed by atoms with Crippen LogP contribution in [-0.2, 0) is 11.2 Å². The second kappa shape index (κ2) is 8.10. The van der Waals surface area contributed by atoms with Crippen molar-refractivity contribution in [3.8, 4) is 17.2 Å². The molecule has 0 unspecified atom stereocenters. The van der Waals surface area contributed by atoms with Crippen LogP contribution in [0.15, 0.2) is 65.3 Å². The monoisotopic (exact) mass is 340 g/mol. The number of carbonyl (C=O) groups is 1. The molecule has 0 saturated carbocycles. The molecule has 3 aromatic rings. The number of benzene rings is 2. The van der Waals surface area contributed by atoms with Crippen LogP contribution in [0.4, 0.5) is 4.39 Å². The maximum absolute atomic E-state index is 13.4. The summed E-state index contributed by atoms with van der Waals surface area (Å²) in [7, 11) is 0. The summed E-state index contributed by atoms with van der Waals surface area (Å²) in [4.78, 5) is 16.1. The Balaban J connectivity index is 1.43. The van der Waals surface area contributed by atoms with E-state index in [2.05, 4.69) is 10.3 Å². The summed E-state index contributed by atoms with van der Waals surface area (Å²) >= 11 is 0. The van der Waals surface area contributed by atoms with Gasteiger partial charge in [-0.1, -0.05) is 30.3 Å². The molecule has 0 fully saturated rings. The highest BCUT2D eigenvalue weighted by Crippen LogP contribution is 2.18. The molecule has 2 aromatic carbocycles. The van der Waals surface area contributed by atoms with Gasteiger partial charge in [0.2, 0.25) is 5.89 Å². The van der Waals surface area contributed by atoms with Gasteiger partial charge in [-0.05, 0) is 24.3 Å². The molecule has 0 aliphatic carbocycles. The van der Waals surface area contributed by atoms with Gasteiger partial charge >= 0.3 is 0 Å². The number of hydrogen-bond donors (Lipinski definition) is 1. The first-order valence-electron chi connectivity index (χ1n) is 7.86. The second-order valence-corrected chi connectivity index (χ2v) is 5.33. The van der Waals surface area contributed by atoms with Crippen molar-refractivity contribution >= 4 is 5.91 Å². The van der Waals surface area contributed by atoms with E-state index in [0.717, 1.165) is 11.3 Å². The predicted molar refractivity (Wildman–Crippen MR) is 90.5 cm³/mol. The van der Waals surface area contributed by atoms with E-state index in [4.69, 9.17) is 9.15 Å². The van der Waals surface area contributed by atoms with Crippen LogP contribution in [0, 0.1) is 5.82 Å². The van der Waals surface area contributed by atoms with E-state index in [0.29, 0.717) is 18.9 Å². The summed E-state index contributed by atoms with van der Waals surface area (Å²) in [5.74, 6) is -0.215. The first-order valence-corrected chi connectivity index (χ1v) is 7.86. The summed E-state index contributed by atoms with van der Waals surface area (Å²) in [6.07, 6.45) is 2.10. The summed E-state index contributed by atoms with van der Waals surface area (Å²) in [5, 5.41) is 2.70. The fraction of sp³-hybridized carbons (Fsp3) is 0.158. The van der Waals surface area contributed by atoms with Crippen LogP contribution < -0.4 is 10.1 Å². The van der Waals surface area contributed by atoms with Gasteiger partial charge in [-0.3, -0.25) is 4.79 Å². The van der Waals surface area contributed by atoms with Gasteiger partial charge in [0.05, 0.1) is 5.69 Å². The van der Waals surface area contributed by atoms with Crippen LogP contribution in [0.2, 0.25) is 0 Å². The molecule has 128 valence electrons. The minimum atomic E-state index is -0.494. The molecule has 0 spiro atoms. The Kier molecular flexibility index (Phi) is 5.41. The minimum Gasteiger partial charge on any atom is -0.481 e. The number of aromatic nitrogens is 1. The summed E-state index contributed by atoms with van der Waals surface area (Å²) in [6, 6.07) is 15.5. The van der Waals surface area contributed by atoms with E-state index in [9.17, 15) is 9.18 Å². The summed E-state index contributed by atoms with van der Waals surface area (Å²) in [5.41, 5.74) is 1.64. The van der Waals surface area contributed by atoms with Gasteiger partial charge < -0.3 is 14.5 Å². The van der Waals surface area contributed by atoms with Gasteiger partial charge in [-0.2, -0.15) is 0 Å². The van der Waals surface area contributed by atoms with Crippen molar-refractivity contribution in [2.75, 3.05) is 13.2 Å². The standard InChI is InChI=1S/C19H17FN2O3/c20-16-8-4-5-9-17(16)24-13-18(23)21-11-10-15-12-25-19(22-15)14-6-2-1-3-7-14/h1-9,12H,10-11,13H2,(H,21,23). The lowest BCUT2D eigenvalue weighted by Gasteiger charge is -2.07. The van der Waals surface area contributed by atoms with Crippen molar-refractivity contribution in [3.63, 3.8) is 0 Å². The van der Waals surface area contributed by atoms with Crippen LogP contribution in [0.5, 0.6) is 5.75 Å². The second-order valence-electron chi connectivity index (χ2n) is 5.33. The van der Waals surface area contributed by atoms with Crippen molar-refractivity contribution < 1.29 is 18.3 Å². The third kappa shape index (κ3) is 4.67. The first-order chi connectivity index (χ1) is 12.2. The van der Waals surface area contributed by atoms with E-state index in [1.807, 2.05) is 30.3 Å². The van der Waals surface area contributed by atoms with Crippen molar-refractivity contribution in [2.45, 2.75) is 6.42 Å². The number of nitrogens with one attached hydrogen (secondary N) is 1. The largest absolute Gasteiger partial charge is 0.481 e. The van der Waals surface area contributed by atoms with E-state index in [1.165, 1.54) is 12.1 Å². The van der Waals surface area contributed by atoms with Crippen LogP contribution in [0.25, 0.3) is 11.5 Å². The zero-order valence-corrected chi connectivity index (χ0v) is 13.4. The van der Waals surface area contributed by atoms with Gasteiger partial charge in [-0.15, -0.1) is 0 Å². The summed E-state index contributed by atoms with van der Waals surface area (Å²) < 4.78 is 24.0. The van der Waals surface area contributed by atoms with E-state index >= 15 is 0 Å². The molecule has 0 saturated heterocycles. The van der Waals surface area contributed by atoms with E-state index in [-0.39, 0.29) is 18.3 Å². The van der Waals surface area contributed by atoms with Gasteiger partial charge in [0.15, 0.2) is 18.2 Å². The SMILES string of the molecule is O=C(COc1ccccc1F)NCCc1coc(-c2ccccc2)n1. The molecule has 5 nitrogen and oxygen atoms in total. The van der Waals surface area contributed by atoms with Crippen LogP contribution in [-0.4, -0.2) is 24.0 Å². The van der Waals surface area contributed by atoms with Gasteiger partial charge in [0.1, 0.15) is 6.26 Å². The first kappa shape index (κ1) is 16.7. The third-order valence-corrected chi connectivity index (χ3v) is 3.47. The Morgan fingerprint density at radius 1 is 1.12 bits per heavy atom. The van der Waals surface area contributed by atoms with Crippen molar-refractivity contribution in [1.82, 2.24) is 10.3 Å². The van der Waals surface area contributed by atoms with Gasteiger partial charge in [0.25, 0.3) is 5.91 Å². The number of para-hydroxylation sites is 1. The lowest BCUT2D eigenvalue weighted by atomic mass is 10.2. The van der Waals surface area contributed by atoms with E-state index < -0.39 is 5.82 Å². The fourth-order valence-corrected chi connectivity index (χ4v) is 2.22. The highest BCUT2D eigenvalue weighted by Gasteiger charge is 2.08. The lowest BCUT2D eigenvalue weighted by Crippen LogP contribution is -2.30. The highest BCUT2D eigenvalue weighted by atomic mass is 19.1. The number of ether oxygens (including phenoxy) is 1. The Labute approximate surface area is 144 Å². The zero-order valence-electron chi connectivity index (χ0n) is 13.4. The third-order valence-electron chi connectivity index (χ3n) is 3.47. The normalized spacial score (nSPS) is 10.4. The van der Waals surface area contributed by atoms with Crippen LogP contribution >= 0.6 is 0 Å².